The van der Waals surface area contributed by atoms with Gasteiger partial charge in [-0.1, -0.05) is 24.3 Å². The fourth-order valence-corrected chi connectivity index (χ4v) is 4.83. The van der Waals surface area contributed by atoms with Crippen LogP contribution in [0.2, 0.25) is 0 Å². The van der Waals surface area contributed by atoms with E-state index in [1.165, 1.54) is 16.0 Å². The van der Waals surface area contributed by atoms with Crippen molar-refractivity contribution in [3.63, 3.8) is 0 Å². The van der Waals surface area contributed by atoms with Gasteiger partial charge in [0, 0.05) is 44.2 Å². The average molecular weight is 556 g/mol. The van der Waals surface area contributed by atoms with Crippen molar-refractivity contribution in [2.24, 2.45) is 5.10 Å². The second kappa shape index (κ2) is 13.6. The summed E-state index contributed by atoms with van der Waals surface area (Å²) in [4.78, 5) is 30.7. The molecule has 1 atom stereocenters. The summed E-state index contributed by atoms with van der Waals surface area (Å²) in [6.45, 7) is 7.39. The molecule has 40 heavy (non-hydrogen) atoms. The summed E-state index contributed by atoms with van der Waals surface area (Å²) in [7, 11) is 3.09. The third-order valence-electron chi connectivity index (χ3n) is 6.96. The van der Waals surface area contributed by atoms with Gasteiger partial charge in [-0.05, 0) is 37.6 Å². The highest BCUT2D eigenvalue weighted by Gasteiger charge is 2.35. The highest BCUT2D eigenvalue weighted by atomic mass is 19.1. The van der Waals surface area contributed by atoms with Crippen molar-refractivity contribution in [2.75, 3.05) is 60.2 Å². The number of benzene rings is 2. The summed E-state index contributed by atoms with van der Waals surface area (Å²) in [6, 6.07) is 10.8. The lowest BCUT2D eigenvalue weighted by Crippen LogP contribution is -2.50. The minimum atomic E-state index is -0.517. The van der Waals surface area contributed by atoms with Crippen LogP contribution in [0.4, 0.5) is 9.18 Å². The maximum atomic E-state index is 14.7. The zero-order chi connectivity index (χ0) is 28.6. The lowest BCUT2D eigenvalue weighted by atomic mass is 9.97. The molecule has 2 aliphatic rings. The van der Waals surface area contributed by atoms with E-state index in [1.807, 2.05) is 19.9 Å². The number of carbonyl (C=O) groups excluding carboxylic acids is 2. The zero-order valence-electron chi connectivity index (χ0n) is 23.6. The molecule has 0 bridgehead atoms. The Morgan fingerprint density at radius 3 is 2.52 bits per heavy atom. The number of urea groups is 1. The van der Waals surface area contributed by atoms with Gasteiger partial charge in [-0.25, -0.2) is 14.2 Å². The predicted molar refractivity (Wildman–Crippen MR) is 149 cm³/mol. The van der Waals surface area contributed by atoms with Gasteiger partial charge in [-0.15, -0.1) is 0 Å². The molecule has 2 aromatic rings. The van der Waals surface area contributed by atoms with Crippen molar-refractivity contribution in [3.05, 3.63) is 59.4 Å². The van der Waals surface area contributed by atoms with E-state index >= 15 is 0 Å². The lowest BCUT2D eigenvalue weighted by Gasteiger charge is -2.31. The normalized spacial score (nSPS) is 17.5. The Morgan fingerprint density at radius 2 is 1.85 bits per heavy atom. The van der Waals surface area contributed by atoms with Gasteiger partial charge in [0.05, 0.1) is 39.2 Å². The van der Waals surface area contributed by atoms with Crippen molar-refractivity contribution in [1.29, 1.82) is 0 Å². The molecule has 0 unspecified atom stereocenters. The summed E-state index contributed by atoms with van der Waals surface area (Å²) in [5, 5.41) is 8.87. The number of hydrogen-bond donors (Lipinski definition) is 1. The first-order chi connectivity index (χ1) is 19.3. The molecular weight excluding hydrogens is 517 g/mol. The van der Waals surface area contributed by atoms with Crippen LogP contribution in [0.25, 0.3) is 0 Å². The van der Waals surface area contributed by atoms with Crippen LogP contribution < -0.4 is 14.8 Å². The van der Waals surface area contributed by atoms with E-state index < -0.39 is 11.9 Å². The number of methoxy groups -OCH3 is 2. The summed E-state index contributed by atoms with van der Waals surface area (Å²) in [5.74, 6) is 0.282. The number of ether oxygens (including phenoxy) is 3. The molecule has 1 saturated heterocycles. The van der Waals surface area contributed by atoms with E-state index in [0.29, 0.717) is 55.5 Å². The van der Waals surface area contributed by atoms with Crippen molar-refractivity contribution in [1.82, 2.24) is 20.1 Å². The molecule has 2 heterocycles. The first-order valence-corrected chi connectivity index (χ1v) is 13.5. The molecule has 216 valence electrons. The lowest BCUT2D eigenvalue weighted by molar-refractivity contribution is -0.133. The minimum Gasteiger partial charge on any atom is -0.493 e. The molecule has 11 heteroatoms. The Morgan fingerprint density at radius 1 is 1.12 bits per heavy atom. The Hall–Kier alpha value is -3.70. The summed E-state index contributed by atoms with van der Waals surface area (Å²) < 4.78 is 31.0. The number of nitrogens with one attached hydrogen (secondary N) is 1. The molecule has 2 aromatic carbocycles. The Balaban J connectivity index is 1.61. The van der Waals surface area contributed by atoms with Crippen molar-refractivity contribution in [3.8, 4) is 11.5 Å². The summed E-state index contributed by atoms with van der Waals surface area (Å²) >= 11 is 0. The number of carbonyl (C=O) groups is 2. The summed E-state index contributed by atoms with van der Waals surface area (Å²) in [6.07, 6.45) is 0.300. The minimum absolute atomic E-state index is 0.0922. The molecule has 10 nitrogen and oxygen atoms in total. The van der Waals surface area contributed by atoms with Gasteiger partial charge in [-0.3, -0.25) is 9.69 Å². The quantitative estimate of drug-likeness (QED) is 0.484. The molecule has 0 spiro atoms. The molecule has 4 rings (SSSR count). The van der Waals surface area contributed by atoms with Crippen LogP contribution in [0.1, 0.15) is 37.4 Å². The van der Waals surface area contributed by atoms with E-state index in [1.54, 1.807) is 44.6 Å². The molecule has 1 N–H and O–H groups in total. The first kappa shape index (κ1) is 29.3. The fraction of sp³-hybridized carbons (Fsp3) is 0.483. The maximum Gasteiger partial charge on any atom is 0.318 e. The van der Waals surface area contributed by atoms with Gasteiger partial charge in [0.2, 0.25) is 0 Å². The number of halogens is 1. The van der Waals surface area contributed by atoms with Gasteiger partial charge >= 0.3 is 6.03 Å². The van der Waals surface area contributed by atoms with E-state index in [-0.39, 0.29) is 24.5 Å². The molecule has 0 saturated carbocycles. The van der Waals surface area contributed by atoms with Crippen LogP contribution in [0.5, 0.6) is 11.5 Å². The molecular formula is C29H38FN5O5. The monoisotopic (exact) mass is 555 g/mol. The van der Waals surface area contributed by atoms with Crippen molar-refractivity contribution < 1.29 is 28.2 Å². The van der Waals surface area contributed by atoms with Gasteiger partial charge in [0.1, 0.15) is 12.4 Å². The highest BCUT2D eigenvalue weighted by Crippen LogP contribution is 2.37. The number of rotatable bonds is 10. The Labute approximate surface area is 234 Å². The number of amides is 3. The van der Waals surface area contributed by atoms with E-state index in [9.17, 15) is 14.0 Å². The number of hydrazone groups is 1. The van der Waals surface area contributed by atoms with Crippen LogP contribution in [-0.4, -0.2) is 98.7 Å². The topological polar surface area (TPSA) is 95.9 Å². The second-order valence-corrected chi connectivity index (χ2v) is 10.1. The SMILES string of the molecule is COc1ccc([C@@H]2CC(c3ccccc3F)=NN2C(=O)CN(CCN2CCOCC2)C(=O)NC(C)C)cc1OC. The van der Waals surface area contributed by atoms with Crippen LogP contribution in [0, 0.1) is 5.82 Å². The third kappa shape index (κ3) is 7.08. The second-order valence-electron chi connectivity index (χ2n) is 10.1. The van der Waals surface area contributed by atoms with Crippen molar-refractivity contribution >= 4 is 17.6 Å². The standard InChI is InChI=1S/C29H38FN5O5/c1-20(2)31-29(37)34(12-11-33-13-15-40-16-14-33)19-28(36)35-25(21-9-10-26(38-3)27(17-21)39-4)18-24(32-35)22-7-5-6-8-23(22)30/h5-10,17,20,25H,11-16,18-19H2,1-4H3,(H,31,37)/t25-/m0/s1. The van der Waals surface area contributed by atoms with Crippen LogP contribution in [0.3, 0.4) is 0 Å². The van der Waals surface area contributed by atoms with E-state index in [0.717, 1.165) is 18.7 Å². The van der Waals surface area contributed by atoms with E-state index in [2.05, 4.69) is 15.3 Å². The predicted octanol–water partition coefficient (Wildman–Crippen LogP) is 3.27. The molecule has 2 aliphatic heterocycles. The van der Waals surface area contributed by atoms with Crippen LogP contribution >= 0.6 is 0 Å². The van der Waals surface area contributed by atoms with Crippen LogP contribution in [0.15, 0.2) is 47.6 Å². The third-order valence-corrected chi connectivity index (χ3v) is 6.96. The molecule has 0 aliphatic carbocycles. The first-order valence-electron chi connectivity index (χ1n) is 13.5. The largest absolute Gasteiger partial charge is 0.493 e. The highest BCUT2D eigenvalue weighted by molar-refractivity contribution is 6.03. The van der Waals surface area contributed by atoms with Gasteiger partial charge in [-0.2, -0.15) is 5.10 Å². The fourth-order valence-electron chi connectivity index (χ4n) is 4.83. The van der Waals surface area contributed by atoms with Gasteiger partial charge in [0.15, 0.2) is 11.5 Å². The molecule has 1 fully saturated rings. The van der Waals surface area contributed by atoms with Crippen LogP contribution in [-0.2, 0) is 9.53 Å². The maximum absolute atomic E-state index is 14.7. The average Bonchev–Trinajstić information content (AvgIpc) is 3.40. The molecule has 0 aromatic heterocycles. The Bertz CT molecular complexity index is 1220. The smallest absolute Gasteiger partial charge is 0.318 e. The molecule has 3 amide bonds. The molecule has 0 radical (unpaired) electrons. The van der Waals surface area contributed by atoms with E-state index in [4.69, 9.17) is 14.2 Å². The summed E-state index contributed by atoms with van der Waals surface area (Å²) in [5.41, 5.74) is 1.55. The number of hydrogen-bond acceptors (Lipinski definition) is 7. The van der Waals surface area contributed by atoms with Crippen molar-refractivity contribution in [2.45, 2.75) is 32.4 Å². The number of nitrogens with zero attached hydrogens (tertiary/aromatic N) is 4. The van der Waals surface area contributed by atoms with Gasteiger partial charge in [0.25, 0.3) is 5.91 Å². The van der Waals surface area contributed by atoms with Gasteiger partial charge < -0.3 is 24.4 Å². The zero-order valence-corrected chi connectivity index (χ0v) is 23.6. The number of morpholine rings is 1. The Kier molecular flexibility index (Phi) is 9.94.